The highest BCUT2D eigenvalue weighted by Crippen LogP contribution is 2.29. The van der Waals surface area contributed by atoms with Crippen molar-refractivity contribution in [1.82, 2.24) is 14.8 Å². The van der Waals surface area contributed by atoms with Crippen LogP contribution in [0.5, 0.6) is 0 Å². The highest BCUT2D eigenvalue weighted by atomic mass is 16.3. The Morgan fingerprint density at radius 2 is 1.92 bits per heavy atom. The van der Waals surface area contributed by atoms with Crippen LogP contribution in [0.2, 0.25) is 0 Å². The molecular formula is C19H29N3O3. The van der Waals surface area contributed by atoms with Crippen LogP contribution in [0.4, 0.5) is 0 Å². The summed E-state index contributed by atoms with van der Waals surface area (Å²) in [6.07, 6.45) is 8.69. The van der Waals surface area contributed by atoms with Crippen molar-refractivity contribution >= 4 is 5.91 Å². The van der Waals surface area contributed by atoms with Gasteiger partial charge in [0.15, 0.2) is 0 Å². The summed E-state index contributed by atoms with van der Waals surface area (Å²) >= 11 is 0. The fourth-order valence-electron chi connectivity index (χ4n) is 4.02. The molecule has 2 N–H and O–H groups in total. The summed E-state index contributed by atoms with van der Waals surface area (Å²) in [7, 11) is 1.65. The van der Waals surface area contributed by atoms with E-state index in [-0.39, 0.29) is 17.5 Å². The van der Waals surface area contributed by atoms with Crippen molar-refractivity contribution in [1.29, 1.82) is 0 Å². The van der Waals surface area contributed by atoms with Gasteiger partial charge in [0, 0.05) is 45.0 Å². The van der Waals surface area contributed by atoms with Gasteiger partial charge < -0.3 is 19.9 Å². The van der Waals surface area contributed by atoms with Gasteiger partial charge >= 0.3 is 0 Å². The Labute approximate surface area is 148 Å². The number of amides is 1. The largest absolute Gasteiger partial charge is 0.389 e. The lowest BCUT2D eigenvalue weighted by Crippen LogP contribution is -2.50. The van der Waals surface area contributed by atoms with Crippen molar-refractivity contribution in [3.63, 3.8) is 0 Å². The molecule has 1 aliphatic heterocycles. The van der Waals surface area contributed by atoms with Gasteiger partial charge in [-0.05, 0) is 31.7 Å². The van der Waals surface area contributed by atoms with E-state index in [1.54, 1.807) is 19.3 Å². The van der Waals surface area contributed by atoms with Gasteiger partial charge in [0.1, 0.15) is 0 Å². The number of carbonyl (C=O) groups excluding carboxylic acids is 1. The monoisotopic (exact) mass is 347 g/mol. The normalized spacial score (nSPS) is 21.8. The number of aromatic nitrogens is 1. The Balaban J connectivity index is 1.48. The van der Waals surface area contributed by atoms with Crippen molar-refractivity contribution in [2.75, 3.05) is 19.6 Å². The zero-order valence-corrected chi connectivity index (χ0v) is 15.0. The molecule has 2 aliphatic rings. The van der Waals surface area contributed by atoms with Crippen LogP contribution >= 0.6 is 0 Å². The SMILES string of the molecule is Cn1cc(C(=O)NC2CCN(CC3(O)CCCCC3)CC2)ccc1=O. The second-order valence-electron chi connectivity index (χ2n) is 7.68. The first-order chi connectivity index (χ1) is 12.0. The average Bonchev–Trinajstić information content (AvgIpc) is 2.59. The summed E-state index contributed by atoms with van der Waals surface area (Å²) in [4.78, 5) is 26.1. The summed E-state index contributed by atoms with van der Waals surface area (Å²) in [6.45, 7) is 2.57. The average molecular weight is 347 g/mol. The number of nitrogens with one attached hydrogen (secondary N) is 1. The minimum absolute atomic E-state index is 0.120. The third-order valence-electron chi connectivity index (χ3n) is 5.57. The number of carbonyl (C=O) groups is 1. The van der Waals surface area contributed by atoms with Gasteiger partial charge in [0.05, 0.1) is 11.2 Å². The third-order valence-corrected chi connectivity index (χ3v) is 5.57. The molecule has 1 aromatic rings. The molecule has 3 rings (SSSR count). The molecule has 25 heavy (non-hydrogen) atoms. The number of hydrogen-bond donors (Lipinski definition) is 2. The summed E-state index contributed by atoms with van der Waals surface area (Å²) in [5, 5.41) is 13.8. The Kier molecular flexibility index (Phi) is 5.59. The Hall–Kier alpha value is -1.66. The molecule has 1 saturated carbocycles. The van der Waals surface area contributed by atoms with Crippen LogP contribution in [0.3, 0.4) is 0 Å². The van der Waals surface area contributed by atoms with Crippen molar-refractivity contribution in [3.05, 3.63) is 34.2 Å². The molecule has 0 aromatic carbocycles. The van der Waals surface area contributed by atoms with Gasteiger partial charge in [-0.25, -0.2) is 0 Å². The van der Waals surface area contributed by atoms with Crippen LogP contribution in [-0.2, 0) is 7.05 Å². The molecule has 0 atom stereocenters. The van der Waals surface area contributed by atoms with Gasteiger partial charge in [-0.2, -0.15) is 0 Å². The molecule has 0 spiro atoms. The zero-order chi connectivity index (χ0) is 17.9. The smallest absolute Gasteiger partial charge is 0.252 e. The highest BCUT2D eigenvalue weighted by Gasteiger charge is 2.32. The van der Waals surface area contributed by atoms with E-state index < -0.39 is 5.60 Å². The van der Waals surface area contributed by atoms with E-state index in [1.807, 2.05) is 0 Å². The molecule has 6 nitrogen and oxygen atoms in total. The van der Waals surface area contributed by atoms with Gasteiger partial charge in [-0.15, -0.1) is 0 Å². The van der Waals surface area contributed by atoms with Crippen LogP contribution in [0.1, 0.15) is 55.3 Å². The molecule has 1 aromatic heterocycles. The number of nitrogens with zero attached hydrogens (tertiary/aromatic N) is 2. The maximum Gasteiger partial charge on any atom is 0.252 e. The molecule has 0 unspecified atom stereocenters. The molecule has 1 amide bonds. The Morgan fingerprint density at radius 1 is 1.24 bits per heavy atom. The second-order valence-corrected chi connectivity index (χ2v) is 7.68. The second kappa shape index (κ2) is 7.70. The third kappa shape index (κ3) is 4.70. The Bertz CT molecular complexity index is 656. The first kappa shape index (κ1) is 18.1. The number of hydrogen-bond acceptors (Lipinski definition) is 4. The van der Waals surface area contributed by atoms with E-state index >= 15 is 0 Å². The van der Waals surface area contributed by atoms with Crippen molar-refractivity contribution < 1.29 is 9.90 Å². The lowest BCUT2D eigenvalue weighted by atomic mass is 9.84. The van der Waals surface area contributed by atoms with E-state index in [9.17, 15) is 14.7 Å². The van der Waals surface area contributed by atoms with Crippen molar-refractivity contribution in [3.8, 4) is 0 Å². The minimum Gasteiger partial charge on any atom is -0.389 e. The number of aliphatic hydroxyl groups is 1. The molecule has 2 heterocycles. The fraction of sp³-hybridized carbons (Fsp3) is 0.684. The number of β-amino-alcohol motifs (C(OH)–C–C–N with tert-alkyl or cyclic N) is 1. The summed E-state index contributed by atoms with van der Waals surface area (Å²) in [5.41, 5.74) is -0.116. The number of pyridine rings is 1. The maximum absolute atomic E-state index is 12.3. The van der Waals surface area contributed by atoms with E-state index in [4.69, 9.17) is 0 Å². The van der Waals surface area contributed by atoms with Gasteiger partial charge in [-0.1, -0.05) is 19.3 Å². The van der Waals surface area contributed by atoms with E-state index in [0.29, 0.717) is 5.56 Å². The molecule has 1 saturated heterocycles. The minimum atomic E-state index is -0.511. The molecule has 0 bridgehead atoms. The predicted octanol–water partition coefficient (Wildman–Crippen LogP) is 1.27. The van der Waals surface area contributed by atoms with E-state index in [1.165, 1.54) is 17.1 Å². The molecule has 0 radical (unpaired) electrons. The lowest BCUT2D eigenvalue weighted by Gasteiger charge is -2.40. The van der Waals surface area contributed by atoms with Gasteiger partial charge in [-0.3, -0.25) is 9.59 Å². The van der Waals surface area contributed by atoms with Crippen molar-refractivity contribution in [2.45, 2.75) is 56.6 Å². The van der Waals surface area contributed by atoms with E-state index in [2.05, 4.69) is 10.2 Å². The summed E-state index contributed by atoms with van der Waals surface area (Å²) in [6, 6.07) is 3.15. The van der Waals surface area contributed by atoms with Crippen LogP contribution in [-0.4, -0.2) is 51.8 Å². The zero-order valence-electron chi connectivity index (χ0n) is 15.0. The van der Waals surface area contributed by atoms with Gasteiger partial charge in [0.25, 0.3) is 5.91 Å². The number of rotatable bonds is 4. The maximum atomic E-state index is 12.3. The van der Waals surface area contributed by atoms with Crippen LogP contribution in [0, 0.1) is 0 Å². The quantitative estimate of drug-likeness (QED) is 0.860. The Morgan fingerprint density at radius 3 is 2.56 bits per heavy atom. The fourth-order valence-corrected chi connectivity index (χ4v) is 4.02. The topological polar surface area (TPSA) is 74.6 Å². The standard InChI is InChI=1S/C19H29N3O3/c1-21-13-15(5-6-17(21)23)18(24)20-16-7-11-22(12-8-16)14-19(25)9-3-2-4-10-19/h5-6,13,16,25H,2-4,7-12,14H2,1H3,(H,20,24). The number of piperidine rings is 1. The van der Waals surface area contributed by atoms with Crippen LogP contribution in [0.25, 0.3) is 0 Å². The lowest BCUT2D eigenvalue weighted by molar-refractivity contribution is -0.0312. The van der Waals surface area contributed by atoms with Crippen molar-refractivity contribution in [2.24, 2.45) is 7.05 Å². The first-order valence-corrected chi connectivity index (χ1v) is 9.37. The summed E-state index contributed by atoms with van der Waals surface area (Å²) in [5.74, 6) is -0.125. The highest BCUT2D eigenvalue weighted by molar-refractivity contribution is 5.94. The molecule has 138 valence electrons. The number of aryl methyl sites for hydroxylation is 1. The molecule has 6 heteroatoms. The number of likely N-dealkylation sites (tertiary alicyclic amines) is 1. The van der Waals surface area contributed by atoms with Gasteiger partial charge in [0.2, 0.25) is 5.56 Å². The molecular weight excluding hydrogens is 318 g/mol. The van der Waals surface area contributed by atoms with Crippen LogP contribution in [0.15, 0.2) is 23.1 Å². The predicted molar refractivity (Wildman–Crippen MR) is 96.6 cm³/mol. The molecule has 1 aliphatic carbocycles. The van der Waals surface area contributed by atoms with E-state index in [0.717, 1.165) is 58.2 Å². The summed E-state index contributed by atoms with van der Waals surface area (Å²) < 4.78 is 1.42. The van der Waals surface area contributed by atoms with Crippen LogP contribution < -0.4 is 10.9 Å². The molecule has 2 fully saturated rings. The first-order valence-electron chi connectivity index (χ1n) is 9.37.